The lowest BCUT2D eigenvalue weighted by Gasteiger charge is -2.15. The van der Waals surface area contributed by atoms with Gasteiger partial charge in [0.25, 0.3) is 0 Å². The van der Waals surface area contributed by atoms with Crippen LogP contribution in [0.25, 0.3) is 11.4 Å². The number of rotatable bonds is 8. The molecular formula is C22H18Cl3N5O2S. The molecule has 4 aromatic rings. The summed E-state index contributed by atoms with van der Waals surface area (Å²) >= 11 is 24.0. The molecule has 4 rings (SSSR count). The highest BCUT2D eigenvalue weighted by molar-refractivity contribution is 7.71. The summed E-state index contributed by atoms with van der Waals surface area (Å²) in [7, 11) is 1.57. The van der Waals surface area contributed by atoms with Crippen molar-refractivity contribution in [1.29, 1.82) is 0 Å². The minimum atomic E-state index is 0.278. The first-order chi connectivity index (χ1) is 16.0. The van der Waals surface area contributed by atoms with Crippen molar-refractivity contribution in [3.8, 4) is 22.9 Å². The fraction of sp³-hybridized carbons (Fsp3) is 0.136. The van der Waals surface area contributed by atoms with Gasteiger partial charge in [-0.1, -0.05) is 40.9 Å². The molecule has 0 fully saturated rings. The van der Waals surface area contributed by atoms with Crippen LogP contribution in [0.5, 0.6) is 11.5 Å². The quantitative estimate of drug-likeness (QED) is 0.265. The Bertz CT molecular complexity index is 1330. The van der Waals surface area contributed by atoms with E-state index < -0.39 is 0 Å². The van der Waals surface area contributed by atoms with E-state index in [1.54, 1.807) is 42.4 Å². The molecule has 0 bridgehead atoms. The van der Waals surface area contributed by atoms with Crippen LogP contribution < -0.4 is 14.9 Å². The van der Waals surface area contributed by atoms with Gasteiger partial charge < -0.3 is 14.9 Å². The maximum Gasteiger partial charge on any atom is 0.214 e. The summed E-state index contributed by atoms with van der Waals surface area (Å²) in [4.78, 5) is 4.03. The fourth-order valence-electron chi connectivity index (χ4n) is 3.08. The Balaban J connectivity index is 1.51. The number of H-pyrrole nitrogens is 1. The number of aromatic nitrogens is 4. The Morgan fingerprint density at radius 2 is 1.79 bits per heavy atom. The SMILES string of the molecule is COc1cc(CNn2c(-c3ccncc3)n[nH]c2=S)c(Cl)cc1OCc1ccc(Cl)c(Cl)c1. The van der Waals surface area contributed by atoms with Gasteiger partial charge in [0.2, 0.25) is 4.77 Å². The first kappa shape index (κ1) is 23.4. The van der Waals surface area contributed by atoms with E-state index in [-0.39, 0.29) is 6.61 Å². The van der Waals surface area contributed by atoms with Gasteiger partial charge in [0, 0.05) is 29.0 Å². The third-order valence-corrected chi connectivity index (χ3v) is 6.11. The molecule has 0 amide bonds. The Morgan fingerprint density at radius 1 is 1.00 bits per heavy atom. The maximum absolute atomic E-state index is 6.54. The van der Waals surface area contributed by atoms with E-state index in [1.807, 2.05) is 24.3 Å². The molecule has 170 valence electrons. The molecule has 11 heteroatoms. The summed E-state index contributed by atoms with van der Waals surface area (Å²) < 4.78 is 13.5. The zero-order valence-corrected chi connectivity index (χ0v) is 20.4. The average Bonchev–Trinajstić information content (AvgIpc) is 3.20. The molecule has 0 saturated carbocycles. The van der Waals surface area contributed by atoms with E-state index in [0.717, 1.165) is 16.7 Å². The lowest BCUT2D eigenvalue weighted by molar-refractivity contribution is 0.284. The molecule has 2 N–H and O–H groups in total. The zero-order chi connectivity index (χ0) is 23.4. The molecule has 2 heterocycles. The highest BCUT2D eigenvalue weighted by atomic mass is 35.5. The molecule has 0 aliphatic rings. The first-order valence-corrected chi connectivity index (χ1v) is 11.3. The molecule has 0 saturated heterocycles. The van der Waals surface area contributed by atoms with E-state index >= 15 is 0 Å². The predicted molar refractivity (Wildman–Crippen MR) is 133 cm³/mol. The van der Waals surface area contributed by atoms with Crippen LogP contribution in [-0.4, -0.2) is 27.0 Å². The maximum atomic E-state index is 6.54. The standard InChI is InChI=1S/C22H18Cl3N5O2S/c1-31-19-9-15(11-27-30-21(28-29-22(30)33)14-4-6-26-7-5-14)17(24)10-20(19)32-12-13-2-3-16(23)18(25)8-13/h2-10,27H,11-12H2,1H3,(H,29,33). The normalized spacial score (nSPS) is 10.8. The van der Waals surface area contributed by atoms with Crippen LogP contribution >= 0.6 is 47.0 Å². The second-order valence-electron chi connectivity index (χ2n) is 6.89. The molecule has 7 nitrogen and oxygen atoms in total. The number of hydrogen-bond acceptors (Lipinski definition) is 6. The van der Waals surface area contributed by atoms with Gasteiger partial charge in [-0.15, -0.1) is 0 Å². The van der Waals surface area contributed by atoms with E-state index in [4.69, 9.17) is 56.5 Å². The summed E-state index contributed by atoms with van der Waals surface area (Å²) in [5, 5.41) is 8.55. The summed E-state index contributed by atoms with van der Waals surface area (Å²) in [5.41, 5.74) is 5.77. The van der Waals surface area contributed by atoms with Crippen molar-refractivity contribution in [1.82, 2.24) is 19.9 Å². The number of halogens is 3. The molecule has 0 atom stereocenters. The number of nitrogens with one attached hydrogen (secondary N) is 2. The van der Waals surface area contributed by atoms with Crippen molar-refractivity contribution in [2.75, 3.05) is 12.5 Å². The highest BCUT2D eigenvalue weighted by Crippen LogP contribution is 2.34. The lowest BCUT2D eigenvalue weighted by atomic mass is 10.2. The Labute approximate surface area is 210 Å². The van der Waals surface area contributed by atoms with Crippen molar-refractivity contribution < 1.29 is 9.47 Å². The minimum Gasteiger partial charge on any atom is -0.493 e. The molecule has 0 spiro atoms. The Morgan fingerprint density at radius 3 is 2.52 bits per heavy atom. The molecule has 33 heavy (non-hydrogen) atoms. The van der Waals surface area contributed by atoms with Crippen LogP contribution in [0.2, 0.25) is 15.1 Å². The molecular weight excluding hydrogens is 505 g/mol. The van der Waals surface area contributed by atoms with Crippen molar-refractivity contribution in [2.45, 2.75) is 13.2 Å². The summed E-state index contributed by atoms with van der Waals surface area (Å²) in [5.74, 6) is 1.68. The number of pyridine rings is 1. The molecule has 0 radical (unpaired) electrons. The van der Waals surface area contributed by atoms with Gasteiger partial charge in [0.15, 0.2) is 17.3 Å². The van der Waals surface area contributed by atoms with Gasteiger partial charge >= 0.3 is 0 Å². The molecule has 0 unspecified atom stereocenters. The molecule has 2 aromatic carbocycles. The first-order valence-electron chi connectivity index (χ1n) is 9.71. The van der Waals surface area contributed by atoms with Crippen LogP contribution in [0.4, 0.5) is 0 Å². The monoisotopic (exact) mass is 521 g/mol. The van der Waals surface area contributed by atoms with E-state index in [0.29, 0.717) is 43.7 Å². The van der Waals surface area contributed by atoms with Crippen molar-refractivity contribution in [2.24, 2.45) is 0 Å². The smallest absolute Gasteiger partial charge is 0.214 e. The number of benzene rings is 2. The van der Waals surface area contributed by atoms with E-state index in [1.165, 1.54) is 0 Å². The largest absolute Gasteiger partial charge is 0.493 e. The third kappa shape index (κ3) is 5.42. The molecule has 0 aliphatic carbocycles. The van der Waals surface area contributed by atoms with Crippen LogP contribution in [-0.2, 0) is 13.2 Å². The Kier molecular flexibility index (Phi) is 7.39. The van der Waals surface area contributed by atoms with Crippen molar-refractivity contribution in [3.05, 3.63) is 85.8 Å². The number of methoxy groups -OCH3 is 1. The third-order valence-electron chi connectivity index (χ3n) is 4.75. The van der Waals surface area contributed by atoms with Gasteiger partial charge in [-0.3, -0.25) is 4.98 Å². The lowest BCUT2D eigenvalue weighted by Crippen LogP contribution is -2.16. The predicted octanol–water partition coefficient (Wildman–Crippen LogP) is 6.29. The Hall–Kier alpha value is -2.78. The van der Waals surface area contributed by atoms with Crippen LogP contribution in [0.1, 0.15) is 11.1 Å². The molecule has 0 aliphatic heterocycles. The minimum absolute atomic E-state index is 0.278. The van der Waals surface area contributed by atoms with Crippen molar-refractivity contribution >= 4 is 47.0 Å². The van der Waals surface area contributed by atoms with E-state index in [9.17, 15) is 0 Å². The number of ether oxygens (including phenoxy) is 2. The zero-order valence-electron chi connectivity index (χ0n) is 17.3. The topological polar surface area (TPSA) is 77.0 Å². The van der Waals surface area contributed by atoms with Gasteiger partial charge in [0.1, 0.15) is 6.61 Å². The fourth-order valence-corrected chi connectivity index (χ4v) is 3.82. The van der Waals surface area contributed by atoms with Crippen LogP contribution in [0.15, 0.2) is 54.9 Å². The van der Waals surface area contributed by atoms with Crippen LogP contribution in [0.3, 0.4) is 0 Å². The summed E-state index contributed by atoms with van der Waals surface area (Å²) in [6.07, 6.45) is 3.38. The summed E-state index contributed by atoms with van der Waals surface area (Å²) in [6.45, 7) is 0.648. The van der Waals surface area contributed by atoms with Crippen LogP contribution in [0, 0.1) is 4.77 Å². The summed E-state index contributed by atoms with van der Waals surface area (Å²) in [6, 6.07) is 12.5. The number of nitrogens with zero attached hydrogens (tertiary/aromatic N) is 3. The second kappa shape index (κ2) is 10.4. The van der Waals surface area contributed by atoms with Gasteiger partial charge in [-0.25, -0.2) is 9.77 Å². The second-order valence-corrected chi connectivity index (χ2v) is 8.50. The van der Waals surface area contributed by atoms with Crippen molar-refractivity contribution in [3.63, 3.8) is 0 Å². The number of hydrogen-bond donors (Lipinski definition) is 2. The highest BCUT2D eigenvalue weighted by Gasteiger charge is 2.13. The van der Waals surface area contributed by atoms with E-state index in [2.05, 4.69) is 20.6 Å². The van der Waals surface area contributed by atoms with Gasteiger partial charge in [-0.05, 0) is 53.7 Å². The molecule has 2 aromatic heterocycles. The number of aromatic amines is 1. The van der Waals surface area contributed by atoms with Gasteiger partial charge in [0.05, 0.1) is 23.7 Å². The van der Waals surface area contributed by atoms with Gasteiger partial charge in [-0.2, -0.15) is 5.10 Å². The average molecular weight is 523 g/mol.